The van der Waals surface area contributed by atoms with Gasteiger partial charge in [0.25, 0.3) is 0 Å². The molecule has 0 bridgehead atoms. The van der Waals surface area contributed by atoms with Gasteiger partial charge in [-0.1, -0.05) is 12.1 Å². The number of rotatable bonds is 2. The SMILES string of the molecule is CC(=O)Nc1ccc([C@@H](O)C(F)(F)F)cc1. The van der Waals surface area contributed by atoms with E-state index in [-0.39, 0.29) is 11.5 Å². The number of carbonyl (C=O) groups excluding carboxylic acids is 1. The van der Waals surface area contributed by atoms with Crippen LogP contribution in [-0.2, 0) is 4.79 Å². The molecule has 16 heavy (non-hydrogen) atoms. The van der Waals surface area contributed by atoms with Crippen molar-refractivity contribution in [1.82, 2.24) is 0 Å². The third kappa shape index (κ3) is 3.23. The minimum Gasteiger partial charge on any atom is -0.379 e. The molecule has 1 amide bonds. The van der Waals surface area contributed by atoms with Crippen LogP contribution in [0.3, 0.4) is 0 Å². The summed E-state index contributed by atoms with van der Waals surface area (Å²) in [5.41, 5.74) is 0.118. The first-order chi connectivity index (χ1) is 7.30. The van der Waals surface area contributed by atoms with Gasteiger partial charge in [0.05, 0.1) is 0 Å². The summed E-state index contributed by atoms with van der Waals surface area (Å²) in [6.45, 7) is 1.29. The van der Waals surface area contributed by atoms with E-state index in [1.54, 1.807) is 0 Å². The van der Waals surface area contributed by atoms with Crippen LogP contribution in [0.15, 0.2) is 24.3 Å². The van der Waals surface area contributed by atoms with Crippen LogP contribution in [0.5, 0.6) is 0 Å². The van der Waals surface area contributed by atoms with Crippen LogP contribution in [-0.4, -0.2) is 17.2 Å². The summed E-state index contributed by atoms with van der Waals surface area (Å²) < 4.78 is 36.4. The van der Waals surface area contributed by atoms with Crippen LogP contribution in [0.25, 0.3) is 0 Å². The van der Waals surface area contributed by atoms with Crippen molar-refractivity contribution in [1.29, 1.82) is 0 Å². The van der Waals surface area contributed by atoms with Crippen LogP contribution in [0.4, 0.5) is 18.9 Å². The Morgan fingerprint density at radius 2 is 1.81 bits per heavy atom. The number of anilines is 1. The van der Waals surface area contributed by atoms with Crippen molar-refractivity contribution in [2.45, 2.75) is 19.2 Å². The van der Waals surface area contributed by atoms with Gasteiger partial charge in [0.2, 0.25) is 5.91 Å². The van der Waals surface area contributed by atoms with Crippen LogP contribution >= 0.6 is 0 Å². The lowest BCUT2D eigenvalue weighted by Crippen LogP contribution is -2.20. The fourth-order valence-corrected chi connectivity index (χ4v) is 1.14. The Balaban J connectivity index is 2.83. The van der Waals surface area contributed by atoms with Crippen molar-refractivity contribution >= 4 is 11.6 Å². The van der Waals surface area contributed by atoms with Crippen LogP contribution in [0.1, 0.15) is 18.6 Å². The third-order valence-corrected chi connectivity index (χ3v) is 1.86. The highest BCUT2D eigenvalue weighted by molar-refractivity contribution is 5.88. The van der Waals surface area contributed by atoms with Gasteiger partial charge >= 0.3 is 6.18 Å². The number of carbonyl (C=O) groups is 1. The molecule has 0 aromatic heterocycles. The third-order valence-electron chi connectivity index (χ3n) is 1.86. The molecule has 1 aromatic rings. The number of hydrogen-bond donors (Lipinski definition) is 2. The van der Waals surface area contributed by atoms with Gasteiger partial charge in [-0.05, 0) is 17.7 Å². The Labute approximate surface area is 89.9 Å². The predicted octanol–water partition coefficient (Wildman–Crippen LogP) is 2.24. The summed E-state index contributed by atoms with van der Waals surface area (Å²) in [4.78, 5) is 10.7. The number of alkyl halides is 3. The molecule has 1 aromatic carbocycles. The lowest BCUT2D eigenvalue weighted by atomic mass is 10.1. The standard InChI is InChI=1S/C10H10F3NO2/c1-6(15)14-8-4-2-7(3-5-8)9(16)10(11,12)13/h2-5,9,16H,1H3,(H,14,15)/t9-/m1/s1. The Hall–Kier alpha value is -1.56. The molecular weight excluding hydrogens is 223 g/mol. The quantitative estimate of drug-likeness (QED) is 0.823. The number of aliphatic hydroxyl groups excluding tert-OH is 1. The van der Waals surface area contributed by atoms with Gasteiger partial charge < -0.3 is 10.4 Å². The lowest BCUT2D eigenvalue weighted by molar-refractivity contribution is -0.206. The highest BCUT2D eigenvalue weighted by Gasteiger charge is 2.39. The molecule has 2 N–H and O–H groups in total. The maximum atomic E-state index is 12.1. The maximum Gasteiger partial charge on any atom is 0.418 e. The summed E-state index contributed by atoms with van der Waals surface area (Å²) in [5, 5.41) is 11.3. The Morgan fingerprint density at radius 1 is 1.31 bits per heavy atom. The normalized spacial score (nSPS) is 13.3. The molecule has 0 unspecified atom stereocenters. The fraction of sp³-hybridized carbons (Fsp3) is 0.300. The first-order valence-electron chi connectivity index (χ1n) is 4.43. The van der Waals surface area contributed by atoms with Gasteiger partial charge in [-0.2, -0.15) is 13.2 Å². The van der Waals surface area contributed by atoms with Gasteiger partial charge in [-0.3, -0.25) is 4.79 Å². The van der Waals surface area contributed by atoms with Crippen molar-refractivity contribution < 1.29 is 23.1 Å². The number of halogens is 3. The zero-order valence-electron chi connectivity index (χ0n) is 8.38. The van der Waals surface area contributed by atoms with E-state index >= 15 is 0 Å². The Kier molecular flexibility index (Phi) is 3.54. The van der Waals surface area contributed by atoms with Crippen molar-refractivity contribution in [2.75, 3.05) is 5.32 Å². The predicted molar refractivity (Wildman–Crippen MR) is 51.8 cm³/mol. The minimum atomic E-state index is -4.68. The highest BCUT2D eigenvalue weighted by atomic mass is 19.4. The molecule has 0 heterocycles. The molecule has 0 saturated heterocycles. The van der Waals surface area contributed by atoms with E-state index in [4.69, 9.17) is 5.11 Å². The van der Waals surface area contributed by atoms with Crippen LogP contribution < -0.4 is 5.32 Å². The summed E-state index contributed by atoms with van der Waals surface area (Å²) in [6.07, 6.45) is -7.19. The van der Waals surface area contributed by atoms with Gasteiger partial charge in [-0.25, -0.2) is 0 Å². The summed E-state index contributed by atoms with van der Waals surface area (Å²) >= 11 is 0. The molecule has 1 atom stereocenters. The second-order valence-electron chi connectivity index (χ2n) is 3.25. The van der Waals surface area contributed by atoms with Gasteiger partial charge in [0.1, 0.15) is 0 Å². The number of hydrogen-bond acceptors (Lipinski definition) is 2. The Bertz CT molecular complexity index is 373. The van der Waals surface area contributed by atoms with Crippen LogP contribution in [0.2, 0.25) is 0 Å². The van der Waals surface area contributed by atoms with Crippen molar-refractivity contribution in [3.05, 3.63) is 29.8 Å². The summed E-state index contributed by atoms with van der Waals surface area (Å²) in [5.74, 6) is -0.316. The molecule has 0 fully saturated rings. The fourth-order valence-electron chi connectivity index (χ4n) is 1.14. The van der Waals surface area contributed by atoms with E-state index in [9.17, 15) is 18.0 Å². The molecule has 88 valence electrons. The zero-order chi connectivity index (χ0) is 12.3. The molecule has 0 radical (unpaired) electrons. The maximum absolute atomic E-state index is 12.1. The van der Waals surface area contributed by atoms with E-state index in [2.05, 4.69) is 5.32 Å². The van der Waals surface area contributed by atoms with Crippen LogP contribution in [0, 0.1) is 0 Å². The monoisotopic (exact) mass is 233 g/mol. The lowest BCUT2D eigenvalue weighted by Gasteiger charge is -2.15. The number of amides is 1. The van der Waals surface area contributed by atoms with Crippen molar-refractivity contribution in [2.24, 2.45) is 0 Å². The average molecular weight is 233 g/mol. The van der Waals surface area contributed by atoms with E-state index in [0.29, 0.717) is 5.69 Å². The molecule has 1 rings (SSSR count). The van der Waals surface area contributed by atoms with E-state index in [1.807, 2.05) is 0 Å². The Morgan fingerprint density at radius 3 is 2.19 bits per heavy atom. The number of nitrogens with one attached hydrogen (secondary N) is 1. The van der Waals surface area contributed by atoms with Crippen molar-refractivity contribution in [3.63, 3.8) is 0 Å². The highest BCUT2D eigenvalue weighted by Crippen LogP contribution is 2.32. The smallest absolute Gasteiger partial charge is 0.379 e. The minimum absolute atomic E-state index is 0.262. The second kappa shape index (κ2) is 4.52. The first-order valence-corrected chi connectivity index (χ1v) is 4.43. The molecule has 0 spiro atoms. The molecule has 6 heteroatoms. The average Bonchev–Trinajstić information content (AvgIpc) is 2.15. The van der Waals surface area contributed by atoms with Gasteiger partial charge in [0.15, 0.2) is 6.10 Å². The van der Waals surface area contributed by atoms with Crippen molar-refractivity contribution in [3.8, 4) is 0 Å². The number of aliphatic hydroxyl groups is 1. The summed E-state index contributed by atoms with van der Waals surface area (Å²) in [6, 6.07) is 4.82. The van der Waals surface area contributed by atoms with E-state index in [1.165, 1.54) is 19.1 Å². The molecule has 0 saturated carbocycles. The molecule has 0 aliphatic carbocycles. The largest absolute Gasteiger partial charge is 0.418 e. The molecule has 0 aliphatic heterocycles. The van der Waals surface area contributed by atoms with Gasteiger partial charge in [0, 0.05) is 12.6 Å². The second-order valence-corrected chi connectivity index (χ2v) is 3.25. The molecular formula is C10H10F3NO2. The summed E-state index contributed by atoms with van der Waals surface area (Å²) in [7, 11) is 0. The zero-order valence-corrected chi connectivity index (χ0v) is 8.38. The first kappa shape index (κ1) is 12.5. The van der Waals surface area contributed by atoms with E-state index < -0.39 is 12.3 Å². The topological polar surface area (TPSA) is 49.3 Å². The molecule has 3 nitrogen and oxygen atoms in total. The number of benzene rings is 1. The molecule has 0 aliphatic rings. The van der Waals surface area contributed by atoms with E-state index in [0.717, 1.165) is 12.1 Å². The van der Waals surface area contributed by atoms with Gasteiger partial charge in [-0.15, -0.1) is 0 Å².